The average molecular weight is 248 g/mol. The third-order valence-corrected chi connectivity index (χ3v) is 3.86. The van der Waals surface area contributed by atoms with E-state index in [4.69, 9.17) is 0 Å². The highest BCUT2D eigenvalue weighted by molar-refractivity contribution is 5.25. The minimum Gasteiger partial charge on any atom is -0.387 e. The molecule has 1 aliphatic rings. The summed E-state index contributed by atoms with van der Waals surface area (Å²) in [5.74, 6) is 0. The smallest absolute Gasteiger partial charge is 0.0957 e. The van der Waals surface area contributed by atoms with E-state index in [1.54, 1.807) is 0 Å². The van der Waals surface area contributed by atoms with E-state index < -0.39 is 6.10 Å². The lowest BCUT2D eigenvalue weighted by molar-refractivity contribution is 0.0572. The van der Waals surface area contributed by atoms with Gasteiger partial charge in [0.15, 0.2) is 0 Å². The average Bonchev–Trinajstić information content (AvgIpc) is 2.50. The Balaban J connectivity index is 2.17. The number of rotatable bonds is 2. The van der Waals surface area contributed by atoms with Gasteiger partial charge in [-0.05, 0) is 46.1 Å². The van der Waals surface area contributed by atoms with Crippen LogP contribution in [-0.2, 0) is 0 Å². The van der Waals surface area contributed by atoms with Crippen molar-refractivity contribution < 1.29 is 5.11 Å². The lowest BCUT2D eigenvalue weighted by atomic mass is 9.99. The summed E-state index contributed by atoms with van der Waals surface area (Å²) in [5, 5.41) is 10.6. The molecule has 0 radical (unpaired) electrons. The molecule has 2 rings (SSSR count). The summed E-state index contributed by atoms with van der Waals surface area (Å²) in [5.41, 5.74) is 2.23. The number of likely N-dealkylation sites (N-methyl/N-ethyl adjacent to an activating group) is 2. The Kier molecular flexibility index (Phi) is 4.38. The van der Waals surface area contributed by atoms with Gasteiger partial charge in [-0.2, -0.15) is 0 Å². The molecule has 0 aliphatic carbocycles. The Labute approximate surface area is 110 Å². The largest absolute Gasteiger partial charge is 0.387 e. The number of nitrogens with zero attached hydrogens (tertiary/aromatic N) is 2. The molecule has 3 nitrogen and oxygen atoms in total. The zero-order valence-electron chi connectivity index (χ0n) is 11.6. The number of aliphatic hydroxyl groups excluding tert-OH is 1. The highest BCUT2D eigenvalue weighted by Crippen LogP contribution is 2.23. The Bertz CT molecular complexity index is 394. The lowest BCUT2D eigenvalue weighted by Gasteiger charge is -2.31. The second-order valence-corrected chi connectivity index (χ2v) is 5.52. The van der Waals surface area contributed by atoms with Gasteiger partial charge in [0, 0.05) is 6.54 Å². The first-order chi connectivity index (χ1) is 8.58. The van der Waals surface area contributed by atoms with Crippen molar-refractivity contribution in [2.75, 3.05) is 33.7 Å². The van der Waals surface area contributed by atoms with Crippen molar-refractivity contribution in [3.63, 3.8) is 0 Å². The van der Waals surface area contributed by atoms with E-state index in [2.05, 4.69) is 43.0 Å². The van der Waals surface area contributed by atoms with Crippen LogP contribution in [0.2, 0.25) is 0 Å². The van der Waals surface area contributed by atoms with Crippen LogP contribution in [0.4, 0.5) is 0 Å². The van der Waals surface area contributed by atoms with Gasteiger partial charge in [-0.3, -0.25) is 4.90 Å². The fraction of sp³-hybridized carbons (Fsp3) is 0.600. The summed E-state index contributed by atoms with van der Waals surface area (Å²) in [6.45, 7) is 5.16. The second kappa shape index (κ2) is 5.83. The molecule has 18 heavy (non-hydrogen) atoms. The SMILES string of the molecule is Cc1cccc(C(O)C2CN(C)CCCN2C)c1. The molecule has 1 fully saturated rings. The van der Waals surface area contributed by atoms with Crippen molar-refractivity contribution in [2.45, 2.75) is 25.5 Å². The van der Waals surface area contributed by atoms with Crippen LogP contribution in [0.15, 0.2) is 24.3 Å². The lowest BCUT2D eigenvalue weighted by Crippen LogP contribution is -2.42. The highest BCUT2D eigenvalue weighted by atomic mass is 16.3. The first-order valence-corrected chi connectivity index (χ1v) is 6.71. The quantitative estimate of drug-likeness (QED) is 0.862. The number of hydrogen-bond acceptors (Lipinski definition) is 3. The first-order valence-electron chi connectivity index (χ1n) is 6.71. The van der Waals surface area contributed by atoms with Gasteiger partial charge in [0.25, 0.3) is 0 Å². The standard InChI is InChI=1S/C15H24N2O/c1-12-6-4-7-13(10-12)15(18)14-11-16(2)8-5-9-17(14)3/h4,6-7,10,14-15,18H,5,8-9,11H2,1-3H3. The van der Waals surface area contributed by atoms with Crippen LogP contribution < -0.4 is 0 Å². The van der Waals surface area contributed by atoms with Gasteiger partial charge >= 0.3 is 0 Å². The number of aryl methyl sites for hydroxylation is 1. The van der Waals surface area contributed by atoms with Crippen molar-refractivity contribution in [3.05, 3.63) is 35.4 Å². The van der Waals surface area contributed by atoms with E-state index in [1.165, 1.54) is 12.0 Å². The molecule has 0 amide bonds. The van der Waals surface area contributed by atoms with Crippen molar-refractivity contribution in [2.24, 2.45) is 0 Å². The Morgan fingerprint density at radius 2 is 2.06 bits per heavy atom. The van der Waals surface area contributed by atoms with Crippen molar-refractivity contribution in [1.82, 2.24) is 9.80 Å². The predicted octanol–water partition coefficient (Wildman–Crippen LogP) is 1.66. The fourth-order valence-corrected chi connectivity index (χ4v) is 2.72. The van der Waals surface area contributed by atoms with Gasteiger partial charge in [-0.15, -0.1) is 0 Å². The van der Waals surface area contributed by atoms with Crippen molar-refractivity contribution in [1.29, 1.82) is 0 Å². The topological polar surface area (TPSA) is 26.7 Å². The highest BCUT2D eigenvalue weighted by Gasteiger charge is 2.28. The Morgan fingerprint density at radius 1 is 1.28 bits per heavy atom. The molecule has 1 aliphatic heterocycles. The molecule has 0 bridgehead atoms. The predicted molar refractivity (Wildman–Crippen MR) is 74.7 cm³/mol. The van der Waals surface area contributed by atoms with Crippen molar-refractivity contribution in [3.8, 4) is 0 Å². The van der Waals surface area contributed by atoms with Gasteiger partial charge in [0.05, 0.1) is 12.1 Å². The fourth-order valence-electron chi connectivity index (χ4n) is 2.72. The van der Waals surface area contributed by atoms with Crippen LogP contribution in [0.5, 0.6) is 0 Å². The monoisotopic (exact) mass is 248 g/mol. The Morgan fingerprint density at radius 3 is 2.78 bits per heavy atom. The molecule has 3 heteroatoms. The summed E-state index contributed by atoms with van der Waals surface area (Å²) in [6, 6.07) is 8.38. The zero-order chi connectivity index (χ0) is 13.1. The molecular weight excluding hydrogens is 224 g/mol. The third kappa shape index (κ3) is 3.10. The molecule has 1 saturated heterocycles. The van der Waals surface area contributed by atoms with Gasteiger partial charge in [0.1, 0.15) is 0 Å². The number of aliphatic hydroxyl groups is 1. The second-order valence-electron chi connectivity index (χ2n) is 5.52. The minimum atomic E-state index is -0.407. The third-order valence-electron chi connectivity index (χ3n) is 3.86. The summed E-state index contributed by atoms with van der Waals surface area (Å²) in [4.78, 5) is 4.60. The van der Waals surface area contributed by atoms with E-state index >= 15 is 0 Å². The molecule has 0 aromatic heterocycles. The molecule has 0 saturated carbocycles. The maximum absolute atomic E-state index is 10.6. The summed E-state index contributed by atoms with van der Waals surface area (Å²) < 4.78 is 0. The van der Waals surface area contributed by atoms with Crippen LogP contribution in [0, 0.1) is 6.92 Å². The minimum absolute atomic E-state index is 0.180. The zero-order valence-corrected chi connectivity index (χ0v) is 11.6. The molecule has 1 N–H and O–H groups in total. The first kappa shape index (κ1) is 13.5. The summed E-state index contributed by atoms with van der Waals surface area (Å²) >= 11 is 0. The molecular formula is C15H24N2O. The van der Waals surface area contributed by atoms with E-state index in [-0.39, 0.29) is 6.04 Å². The Hall–Kier alpha value is -0.900. The molecule has 1 aromatic carbocycles. The normalized spacial score (nSPS) is 24.8. The molecule has 1 heterocycles. The van der Waals surface area contributed by atoms with E-state index in [1.807, 2.05) is 12.1 Å². The molecule has 2 unspecified atom stereocenters. The molecule has 2 atom stereocenters. The number of benzene rings is 1. The maximum atomic E-state index is 10.6. The van der Waals surface area contributed by atoms with Crippen LogP contribution in [-0.4, -0.2) is 54.7 Å². The maximum Gasteiger partial charge on any atom is 0.0957 e. The number of hydrogen-bond donors (Lipinski definition) is 1. The van der Waals surface area contributed by atoms with E-state index in [9.17, 15) is 5.11 Å². The van der Waals surface area contributed by atoms with Gasteiger partial charge in [-0.25, -0.2) is 0 Å². The van der Waals surface area contributed by atoms with Crippen LogP contribution in [0.3, 0.4) is 0 Å². The molecule has 1 aromatic rings. The van der Waals surface area contributed by atoms with E-state index in [0.717, 1.165) is 25.2 Å². The van der Waals surface area contributed by atoms with Gasteiger partial charge in [0.2, 0.25) is 0 Å². The van der Waals surface area contributed by atoms with Crippen LogP contribution in [0.1, 0.15) is 23.7 Å². The van der Waals surface area contributed by atoms with E-state index in [0.29, 0.717) is 0 Å². The van der Waals surface area contributed by atoms with Gasteiger partial charge in [-0.1, -0.05) is 29.8 Å². The van der Waals surface area contributed by atoms with Crippen LogP contribution in [0.25, 0.3) is 0 Å². The molecule has 0 spiro atoms. The van der Waals surface area contributed by atoms with Crippen molar-refractivity contribution >= 4 is 0 Å². The summed E-state index contributed by atoms with van der Waals surface area (Å²) in [7, 11) is 4.25. The van der Waals surface area contributed by atoms with Crippen LogP contribution >= 0.6 is 0 Å². The molecule has 100 valence electrons. The summed E-state index contributed by atoms with van der Waals surface area (Å²) in [6.07, 6.45) is 0.764. The van der Waals surface area contributed by atoms with Gasteiger partial charge < -0.3 is 10.0 Å².